The fourth-order valence-electron chi connectivity index (χ4n) is 7.14. The van der Waals surface area contributed by atoms with Crippen LogP contribution in [-0.4, -0.2) is 118 Å². The highest BCUT2D eigenvalue weighted by molar-refractivity contribution is 8.76. The van der Waals surface area contributed by atoms with E-state index in [9.17, 15) is 38.7 Å². The Balaban J connectivity index is 1.53. The number of hydrogen-bond donors (Lipinski definition) is 11. The third-order valence-electron chi connectivity index (χ3n) is 10.8. The fourth-order valence-corrected chi connectivity index (χ4v) is 9.48. The lowest BCUT2D eigenvalue weighted by molar-refractivity contribution is -0.136. The van der Waals surface area contributed by atoms with E-state index in [-0.39, 0.29) is 37.2 Å². The third-order valence-corrected chi connectivity index (χ3v) is 13.2. The van der Waals surface area contributed by atoms with Crippen molar-refractivity contribution in [1.29, 1.82) is 0 Å². The molecule has 1 saturated heterocycles. The van der Waals surface area contributed by atoms with Crippen molar-refractivity contribution < 1.29 is 38.7 Å². The summed E-state index contributed by atoms with van der Waals surface area (Å²) < 4.78 is 0. The largest absolute Gasteiger partial charge is 0.391 e. The monoisotopic (exact) mass is 930 g/mol. The molecule has 3 unspecified atom stereocenters. The summed E-state index contributed by atoms with van der Waals surface area (Å²) in [6.07, 6.45) is 1.31. The Hall–Kier alpha value is -5.93. The molecule has 3 aromatic carbocycles. The van der Waals surface area contributed by atoms with Crippen LogP contribution in [0.2, 0.25) is 0 Å². The van der Waals surface area contributed by atoms with Crippen LogP contribution in [0.1, 0.15) is 42.9 Å². The maximum Gasteiger partial charge on any atom is 0.245 e. The van der Waals surface area contributed by atoms with Crippen molar-refractivity contribution in [2.45, 2.75) is 93.8 Å². The molecule has 0 radical (unpaired) electrons. The van der Waals surface area contributed by atoms with Crippen LogP contribution < -0.4 is 49.1 Å². The molecule has 1 aliphatic heterocycles. The van der Waals surface area contributed by atoms with Gasteiger partial charge in [0.25, 0.3) is 0 Å². The molecule has 18 nitrogen and oxygen atoms in total. The number of para-hydroxylation sites is 1. The van der Waals surface area contributed by atoms with Crippen molar-refractivity contribution in [1.82, 2.24) is 36.9 Å². The number of carbonyl (C=O) groups excluding carboxylic acids is 7. The first kappa shape index (κ1) is 50.1. The standard InChI is InChI=1S/C45H58N10O8S2/c1-26(56)38-45(63)53-36(39(48)57)24-64-65-25-37(54-40(58)31(47)20-27-12-4-2-5-13-27)44(62)51-34(21-28-14-6-3-7-15-28)42(60)52-35(22-29-23-49-32-17-9-8-16-30(29)32)43(61)50-33(41(59)55-38)18-10-11-19-46/h2-9,12-17,23,26,31,33-38,49,56H,10-11,18-22,24-25,46-47H2,1H3,(H2,48,57)(H,50,61)(H,51,62)(H,52,60)(H,53,63)(H,54,58)(H,55,59)/t26-,31+,33+,34+,35?,36?,37?,38+/m1/s1. The van der Waals surface area contributed by atoms with Crippen LogP contribution in [0, 0.1) is 0 Å². The molecule has 20 heteroatoms. The predicted molar refractivity (Wildman–Crippen MR) is 251 cm³/mol. The number of fused-ring (bicyclic) bond motifs is 1. The minimum atomic E-state index is -1.58. The van der Waals surface area contributed by atoms with Gasteiger partial charge in [0, 0.05) is 41.4 Å². The SMILES string of the molecule is C[C@@H](O)[C@@H]1NC(=O)[C@H](CCCCN)NC(=O)C(Cc2c[nH]c3ccccc23)NC(=O)[C@H](Cc2ccccc2)NC(=O)C(NC(=O)[C@@H](N)Cc2ccccc2)CSSCC(C(N)=O)NC1=O. The van der Waals surface area contributed by atoms with E-state index in [1.165, 1.54) is 6.92 Å². The summed E-state index contributed by atoms with van der Waals surface area (Å²) in [5.41, 5.74) is 20.7. The summed E-state index contributed by atoms with van der Waals surface area (Å²) in [6, 6.07) is 16.3. The molecule has 65 heavy (non-hydrogen) atoms. The van der Waals surface area contributed by atoms with E-state index < -0.39 is 89.7 Å². The number of primary amides is 1. The van der Waals surface area contributed by atoms with Crippen LogP contribution in [0.3, 0.4) is 0 Å². The van der Waals surface area contributed by atoms with Gasteiger partial charge in [-0.25, -0.2) is 0 Å². The number of aromatic amines is 1. The van der Waals surface area contributed by atoms with Crippen molar-refractivity contribution in [3.63, 3.8) is 0 Å². The molecule has 2 heterocycles. The normalized spacial score (nSPS) is 22.9. The fraction of sp³-hybridized carbons (Fsp3) is 0.400. The van der Waals surface area contributed by atoms with Crippen molar-refractivity contribution >= 4 is 73.8 Å². The Bertz CT molecular complexity index is 2250. The molecule has 4 aromatic rings. The number of aliphatic hydroxyl groups is 1. The number of aliphatic hydroxyl groups excluding tert-OH is 1. The smallest absolute Gasteiger partial charge is 0.245 e. The van der Waals surface area contributed by atoms with E-state index in [0.717, 1.165) is 38.1 Å². The first-order chi connectivity index (χ1) is 31.2. The van der Waals surface area contributed by atoms with Crippen LogP contribution in [-0.2, 0) is 52.8 Å². The molecule has 5 rings (SSSR count). The van der Waals surface area contributed by atoms with Crippen LogP contribution in [0.25, 0.3) is 10.9 Å². The Labute approximate surface area is 384 Å². The summed E-state index contributed by atoms with van der Waals surface area (Å²) in [5, 5.41) is 27.6. The van der Waals surface area contributed by atoms with Crippen molar-refractivity contribution in [2.24, 2.45) is 17.2 Å². The molecule has 348 valence electrons. The molecule has 0 bridgehead atoms. The number of benzene rings is 3. The molecule has 0 spiro atoms. The highest BCUT2D eigenvalue weighted by Crippen LogP contribution is 2.24. The number of aromatic nitrogens is 1. The quantitative estimate of drug-likeness (QED) is 0.0580. The summed E-state index contributed by atoms with van der Waals surface area (Å²) in [4.78, 5) is 100. The molecule has 0 saturated carbocycles. The van der Waals surface area contributed by atoms with Gasteiger partial charge in [-0.2, -0.15) is 0 Å². The van der Waals surface area contributed by atoms with E-state index in [2.05, 4.69) is 36.9 Å². The van der Waals surface area contributed by atoms with E-state index in [4.69, 9.17) is 17.2 Å². The Morgan fingerprint density at radius 2 is 1.31 bits per heavy atom. The zero-order valence-electron chi connectivity index (χ0n) is 36.0. The average molecular weight is 931 g/mol. The number of hydrogen-bond acceptors (Lipinski definition) is 12. The molecular weight excluding hydrogens is 873 g/mol. The van der Waals surface area contributed by atoms with Crippen LogP contribution >= 0.6 is 21.6 Å². The lowest BCUT2D eigenvalue weighted by atomic mass is 10.0. The topological polar surface area (TPSA) is 306 Å². The first-order valence-electron chi connectivity index (χ1n) is 21.4. The van der Waals surface area contributed by atoms with Gasteiger partial charge in [-0.3, -0.25) is 33.6 Å². The first-order valence-corrected chi connectivity index (χ1v) is 23.8. The maximum absolute atomic E-state index is 14.6. The Kier molecular flexibility index (Phi) is 19.2. The Morgan fingerprint density at radius 1 is 0.723 bits per heavy atom. The molecular formula is C45H58N10O8S2. The number of nitrogens with one attached hydrogen (secondary N) is 7. The second-order valence-electron chi connectivity index (χ2n) is 15.8. The summed E-state index contributed by atoms with van der Waals surface area (Å²) in [7, 11) is 2.14. The molecule has 1 aliphatic rings. The predicted octanol–water partition coefficient (Wildman–Crippen LogP) is -0.178. The Morgan fingerprint density at radius 3 is 1.97 bits per heavy atom. The van der Waals surface area contributed by atoms with Crippen LogP contribution in [0.5, 0.6) is 0 Å². The molecule has 14 N–H and O–H groups in total. The lowest BCUT2D eigenvalue weighted by Crippen LogP contribution is -2.62. The number of rotatable bonds is 14. The number of amides is 7. The number of nitrogens with two attached hydrogens (primary N) is 3. The van der Waals surface area contributed by atoms with Gasteiger partial charge in [-0.15, -0.1) is 0 Å². The second-order valence-corrected chi connectivity index (χ2v) is 18.4. The second kappa shape index (κ2) is 24.9. The van der Waals surface area contributed by atoms with Gasteiger partial charge in [-0.05, 0) is 61.9 Å². The minimum Gasteiger partial charge on any atom is -0.391 e. The van der Waals surface area contributed by atoms with Crippen LogP contribution in [0.4, 0.5) is 0 Å². The summed E-state index contributed by atoms with van der Waals surface area (Å²) >= 11 is 0. The number of H-pyrrole nitrogens is 1. The average Bonchev–Trinajstić information content (AvgIpc) is 3.70. The van der Waals surface area contributed by atoms with Crippen molar-refractivity contribution in [2.75, 3.05) is 18.1 Å². The highest BCUT2D eigenvalue weighted by atomic mass is 33.1. The number of unbranched alkanes of at least 4 members (excludes halogenated alkanes) is 1. The van der Waals surface area contributed by atoms with Gasteiger partial charge in [0.1, 0.15) is 36.3 Å². The molecule has 1 aromatic heterocycles. The maximum atomic E-state index is 14.6. The molecule has 8 atom stereocenters. The third kappa shape index (κ3) is 15.1. The summed E-state index contributed by atoms with van der Waals surface area (Å²) in [6.45, 7) is 1.57. The summed E-state index contributed by atoms with van der Waals surface area (Å²) in [5.74, 6) is -5.72. The highest BCUT2D eigenvalue weighted by Gasteiger charge is 2.35. The molecule has 0 aliphatic carbocycles. The van der Waals surface area contributed by atoms with E-state index >= 15 is 0 Å². The zero-order valence-corrected chi connectivity index (χ0v) is 37.6. The van der Waals surface area contributed by atoms with Gasteiger partial charge in [0.15, 0.2) is 0 Å². The lowest BCUT2D eigenvalue weighted by Gasteiger charge is -2.29. The van der Waals surface area contributed by atoms with Gasteiger partial charge in [0.2, 0.25) is 41.4 Å². The number of carbonyl (C=O) groups is 7. The zero-order chi connectivity index (χ0) is 46.9. The molecule has 1 fully saturated rings. The van der Waals surface area contributed by atoms with Crippen molar-refractivity contribution in [3.8, 4) is 0 Å². The van der Waals surface area contributed by atoms with E-state index in [1.807, 2.05) is 54.6 Å². The van der Waals surface area contributed by atoms with Gasteiger partial charge >= 0.3 is 0 Å². The van der Waals surface area contributed by atoms with Crippen molar-refractivity contribution in [3.05, 3.63) is 108 Å². The minimum absolute atomic E-state index is 0.0131. The van der Waals surface area contributed by atoms with Gasteiger partial charge in [-0.1, -0.05) is 100 Å². The van der Waals surface area contributed by atoms with Gasteiger partial charge < -0.3 is 59.2 Å². The molecule has 7 amide bonds. The van der Waals surface area contributed by atoms with Crippen LogP contribution in [0.15, 0.2) is 91.1 Å². The van der Waals surface area contributed by atoms with Gasteiger partial charge in [0.05, 0.1) is 12.1 Å². The van der Waals surface area contributed by atoms with E-state index in [1.54, 1.807) is 36.5 Å². The van der Waals surface area contributed by atoms with E-state index in [0.29, 0.717) is 30.5 Å².